The molecular formula is C29H34N4O4. The van der Waals surface area contributed by atoms with Crippen molar-refractivity contribution in [3.05, 3.63) is 83.4 Å². The summed E-state index contributed by atoms with van der Waals surface area (Å²) in [4.78, 5) is 13.1. The van der Waals surface area contributed by atoms with Crippen LogP contribution in [0.2, 0.25) is 0 Å². The molecule has 0 bridgehead atoms. The summed E-state index contributed by atoms with van der Waals surface area (Å²) in [7, 11) is 0. The van der Waals surface area contributed by atoms with Crippen molar-refractivity contribution < 1.29 is 19.0 Å². The molecule has 1 fully saturated rings. The zero-order valence-electron chi connectivity index (χ0n) is 21.0. The fourth-order valence-electron chi connectivity index (χ4n) is 4.27. The third-order valence-electron chi connectivity index (χ3n) is 6.25. The van der Waals surface area contributed by atoms with Crippen molar-refractivity contribution in [1.82, 2.24) is 5.32 Å². The summed E-state index contributed by atoms with van der Waals surface area (Å²) >= 11 is 0. The molecule has 0 aliphatic heterocycles. The van der Waals surface area contributed by atoms with Crippen molar-refractivity contribution >= 4 is 17.5 Å². The molecule has 0 radical (unpaired) electrons. The number of nitrogens with one attached hydrogen (secondary N) is 2. The van der Waals surface area contributed by atoms with Crippen LogP contribution in [0.5, 0.6) is 17.2 Å². The van der Waals surface area contributed by atoms with E-state index in [1.165, 1.54) is 0 Å². The van der Waals surface area contributed by atoms with E-state index < -0.39 is 0 Å². The first-order chi connectivity index (χ1) is 17.9. The molecule has 3 aromatic rings. The van der Waals surface area contributed by atoms with E-state index in [1.807, 2.05) is 31.2 Å². The van der Waals surface area contributed by atoms with Gasteiger partial charge in [0.15, 0.2) is 0 Å². The lowest BCUT2D eigenvalue weighted by Gasteiger charge is -2.26. The van der Waals surface area contributed by atoms with Crippen LogP contribution in [0.4, 0.5) is 5.69 Å². The minimum atomic E-state index is -0.180. The summed E-state index contributed by atoms with van der Waals surface area (Å²) in [5.74, 6) is 1.46. The number of carbonyl (C=O) groups excluding carboxylic acids is 1. The van der Waals surface area contributed by atoms with E-state index in [0.29, 0.717) is 47.3 Å². The van der Waals surface area contributed by atoms with Gasteiger partial charge in [0.1, 0.15) is 23.9 Å². The monoisotopic (exact) mass is 502 g/mol. The van der Waals surface area contributed by atoms with Crippen LogP contribution in [-0.2, 0) is 11.3 Å². The molecule has 1 saturated carbocycles. The van der Waals surface area contributed by atoms with Crippen LogP contribution in [-0.4, -0.2) is 30.5 Å². The predicted molar refractivity (Wildman–Crippen MR) is 144 cm³/mol. The number of rotatable bonds is 9. The van der Waals surface area contributed by atoms with Gasteiger partial charge < -0.3 is 31.0 Å². The van der Waals surface area contributed by atoms with Gasteiger partial charge in [-0.3, -0.25) is 10.2 Å². The van der Waals surface area contributed by atoms with E-state index in [4.69, 9.17) is 31.1 Å². The molecule has 8 heteroatoms. The first-order valence-corrected chi connectivity index (χ1v) is 12.6. The Labute approximate surface area is 217 Å². The van der Waals surface area contributed by atoms with Crippen molar-refractivity contribution in [3.63, 3.8) is 0 Å². The third kappa shape index (κ3) is 7.47. The maximum absolute atomic E-state index is 13.1. The molecule has 1 amide bonds. The molecule has 37 heavy (non-hydrogen) atoms. The number of anilines is 1. The van der Waals surface area contributed by atoms with Crippen LogP contribution in [0.3, 0.4) is 0 Å². The van der Waals surface area contributed by atoms with Crippen molar-refractivity contribution in [1.29, 1.82) is 5.41 Å². The lowest BCUT2D eigenvalue weighted by Crippen LogP contribution is -2.40. The summed E-state index contributed by atoms with van der Waals surface area (Å²) in [6, 6.07) is 20.0. The van der Waals surface area contributed by atoms with Crippen molar-refractivity contribution in [2.45, 2.75) is 51.3 Å². The highest BCUT2D eigenvalue weighted by Crippen LogP contribution is 2.29. The highest BCUT2D eigenvalue weighted by atomic mass is 16.5. The number of nitrogens with two attached hydrogens (primary N) is 2. The third-order valence-corrected chi connectivity index (χ3v) is 6.25. The van der Waals surface area contributed by atoms with E-state index >= 15 is 0 Å². The summed E-state index contributed by atoms with van der Waals surface area (Å²) < 4.78 is 17.3. The second-order valence-electron chi connectivity index (χ2n) is 9.20. The van der Waals surface area contributed by atoms with Crippen LogP contribution in [0.25, 0.3) is 0 Å². The molecule has 6 N–H and O–H groups in total. The fourth-order valence-corrected chi connectivity index (χ4v) is 4.27. The first kappa shape index (κ1) is 26.0. The quantitative estimate of drug-likeness (QED) is 0.185. The Balaban J connectivity index is 1.52. The van der Waals surface area contributed by atoms with Crippen molar-refractivity contribution in [2.75, 3.05) is 12.3 Å². The lowest BCUT2D eigenvalue weighted by atomic mass is 9.91. The topological polar surface area (TPSA) is 133 Å². The average molecular weight is 503 g/mol. The van der Waals surface area contributed by atoms with E-state index in [0.717, 1.165) is 31.2 Å². The molecule has 4 rings (SSSR count). The average Bonchev–Trinajstić information content (AvgIpc) is 2.89. The smallest absolute Gasteiger partial charge is 0.251 e. The summed E-state index contributed by atoms with van der Waals surface area (Å²) in [6.07, 6.45) is 3.54. The molecule has 0 saturated heterocycles. The standard InChI is InChI=1S/C29H34N4O4/c1-2-35-28(32)20-6-12-25(13-7-20)37-27-16-21(29(34)33-24-10-8-22(30)9-11-24)15-26(17-27)36-18-19-4-3-5-23(31)14-19/h3-7,12-17,22,24,32H,2,8-11,18,30-31H2,1H3,(H,33,34). The lowest BCUT2D eigenvalue weighted by molar-refractivity contribution is 0.0925. The van der Waals surface area contributed by atoms with Crippen LogP contribution < -0.4 is 26.3 Å². The summed E-state index contributed by atoms with van der Waals surface area (Å²) in [5, 5.41) is 11.1. The minimum absolute atomic E-state index is 0.0988. The molecule has 194 valence electrons. The van der Waals surface area contributed by atoms with Gasteiger partial charge in [-0.25, -0.2) is 0 Å². The van der Waals surface area contributed by atoms with E-state index in [2.05, 4.69) is 5.32 Å². The Hall–Kier alpha value is -4.04. The van der Waals surface area contributed by atoms with Gasteiger partial charge in [-0.05, 0) is 86.7 Å². The van der Waals surface area contributed by atoms with Crippen LogP contribution >= 0.6 is 0 Å². The van der Waals surface area contributed by atoms with Crippen LogP contribution in [0.15, 0.2) is 66.7 Å². The number of hydrogen-bond acceptors (Lipinski definition) is 7. The molecule has 0 heterocycles. The summed E-state index contributed by atoms with van der Waals surface area (Å²) in [5.41, 5.74) is 14.6. The number of hydrogen-bond donors (Lipinski definition) is 4. The van der Waals surface area contributed by atoms with Crippen molar-refractivity contribution in [2.24, 2.45) is 5.73 Å². The molecule has 0 atom stereocenters. The molecule has 0 spiro atoms. The molecule has 0 aromatic heterocycles. The maximum Gasteiger partial charge on any atom is 0.251 e. The number of carbonyl (C=O) groups is 1. The SMILES string of the molecule is CCOC(=N)c1ccc(Oc2cc(OCc3cccc(N)c3)cc(C(=O)NC3CCC(N)CC3)c2)cc1. The predicted octanol–water partition coefficient (Wildman–Crippen LogP) is 5.00. The van der Waals surface area contributed by atoms with Crippen LogP contribution in [0.1, 0.15) is 54.1 Å². The largest absolute Gasteiger partial charge is 0.489 e. The maximum atomic E-state index is 13.1. The zero-order valence-corrected chi connectivity index (χ0v) is 21.0. The van der Waals surface area contributed by atoms with E-state index in [1.54, 1.807) is 42.5 Å². The van der Waals surface area contributed by atoms with Gasteiger partial charge in [-0.1, -0.05) is 12.1 Å². The van der Waals surface area contributed by atoms with Gasteiger partial charge in [-0.15, -0.1) is 0 Å². The van der Waals surface area contributed by atoms with Gasteiger partial charge >= 0.3 is 0 Å². The summed E-state index contributed by atoms with van der Waals surface area (Å²) in [6.45, 7) is 2.56. The van der Waals surface area contributed by atoms with Crippen LogP contribution in [0, 0.1) is 5.41 Å². The molecule has 8 nitrogen and oxygen atoms in total. The highest BCUT2D eigenvalue weighted by molar-refractivity contribution is 5.95. The Morgan fingerprint density at radius 3 is 2.38 bits per heavy atom. The van der Waals surface area contributed by atoms with Gasteiger partial charge in [0.2, 0.25) is 5.90 Å². The first-order valence-electron chi connectivity index (χ1n) is 12.6. The van der Waals surface area contributed by atoms with Gasteiger partial charge in [0.05, 0.1) is 6.61 Å². The number of nitrogen functional groups attached to an aromatic ring is 1. The second-order valence-corrected chi connectivity index (χ2v) is 9.20. The number of amides is 1. The number of ether oxygens (including phenoxy) is 3. The molecule has 3 aromatic carbocycles. The molecule has 1 aliphatic rings. The normalized spacial score (nSPS) is 17.0. The van der Waals surface area contributed by atoms with E-state index in [9.17, 15) is 4.79 Å². The number of benzene rings is 3. The fraction of sp³-hybridized carbons (Fsp3) is 0.310. The Bertz CT molecular complexity index is 1220. The molecule has 0 unspecified atom stereocenters. The highest BCUT2D eigenvalue weighted by Gasteiger charge is 2.21. The second kappa shape index (κ2) is 12.3. The van der Waals surface area contributed by atoms with E-state index in [-0.39, 0.29) is 23.9 Å². The van der Waals surface area contributed by atoms with Gasteiger partial charge in [-0.2, -0.15) is 0 Å². The molecular weight excluding hydrogens is 468 g/mol. The Morgan fingerprint density at radius 1 is 0.946 bits per heavy atom. The molecule has 1 aliphatic carbocycles. The Kier molecular flexibility index (Phi) is 8.64. The zero-order chi connectivity index (χ0) is 26.2. The van der Waals surface area contributed by atoms with Gasteiger partial charge in [0.25, 0.3) is 5.91 Å². The minimum Gasteiger partial charge on any atom is -0.489 e. The Morgan fingerprint density at radius 2 is 1.68 bits per heavy atom. The van der Waals surface area contributed by atoms with Gasteiger partial charge in [0, 0.05) is 35.0 Å². The van der Waals surface area contributed by atoms with Crippen molar-refractivity contribution in [3.8, 4) is 17.2 Å².